The summed E-state index contributed by atoms with van der Waals surface area (Å²) in [4.78, 5) is 22.3. The molecule has 2 aromatic carbocycles. The number of anilines is 4. The monoisotopic (exact) mass is 728 g/mol. The number of rotatable bonds is 14. The first-order valence-corrected chi connectivity index (χ1v) is 22.5. The van der Waals surface area contributed by atoms with Crippen molar-refractivity contribution in [3.05, 3.63) is 58.9 Å². The normalized spacial score (nSPS) is 11.0. The molecule has 0 fully saturated rings. The van der Waals surface area contributed by atoms with Crippen LogP contribution in [0.15, 0.2) is 36.7 Å². The number of methoxy groups -OCH3 is 6. The van der Waals surface area contributed by atoms with Crippen LogP contribution < -0.4 is 47.0 Å². The summed E-state index contributed by atoms with van der Waals surface area (Å²) < 4.78 is 39.6. The molecule has 0 unspecified atom stereocenters. The Kier molecular flexibility index (Phi) is 10.7. The van der Waals surface area contributed by atoms with E-state index in [1.807, 2.05) is 24.3 Å². The van der Waals surface area contributed by atoms with Crippen LogP contribution in [0.3, 0.4) is 0 Å². The Morgan fingerprint density at radius 1 is 0.578 bits per heavy atom. The standard InChI is InChI=1S/2C14H17N4O3.2CH3.Sn/c2*1-19-10-5-8(6-11(20-2)12(10)21-3)4-9-7-17-14(16)18-13(9)15;;;/h2*5-7H,4H2,1-3H3,(H3-,15,16,17,18);2*1H3;/q2*-1;;;+2. The summed E-state index contributed by atoms with van der Waals surface area (Å²) in [6, 6.07) is 7.49. The molecule has 45 heavy (non-hydrogen) atoms. The number of nitrogen functional groups attached to an aromatic ring is 2. The Labute approximate surface area is 267 Å². The Balaban J connectivity index is 1.45. The average molecular weight is 727 g/mol. The Hall–Kier alpha value is -4.60. The second-order valence-electron chi connectivity index (χ2n) is 10.5. The molecule has 240 valence electrons. The van der Waals surface area contributed by atoms with E-state index in [1.165, 1.54) is 0 Å². The van der Waals surface area contributed by atoms with E-state index in [0.717, 1.165) is 22.3 Å². The van der Waals surface area contributed by atoms with Gasteiger partial charge < -0.3 is 0 Å². The van der Waals surface area contributed by atoms with Crippen molar-refractivity contribution in [2.45, 2.75) is 22.7 Å². The molecule has 2 aromatic heterocycles. The zero-order valence-corrected chi connectivity index (χ0v) is 29.6. The van der Waals surface area contributed by atoms with Gasteiger partial charge in [0, 0.05) is 0 Å². The van der Waals surface area contributed by atoms with Crippen molar-refractivity contribution in [3.8, 4) is 34.5 Å². The fourth-order valence-corrected chi connectivity index (χ4v) is 8.79. The van der Waals surface area contributed by atoms with Gasteiger partial charge in [-0.1, -0.05) is 0 Å². The van der Waals surface area contributed by atoms with E-state index in [-0.39, 0.29) is 0 Å². The molecule has 4 rings (SSSR count). The predicted octanol–water partition coefficient (Wildman–Crippen LogP) is 3.89. The van der Waals surface area contributed by atoms with Crippen molar-refractivity contribution in [2.75, 3.05) is 61.2 Å². The summed E-state index contributed by atoms with van der Waals surface area (Å²) in [5, 5.41) is 0. The van der Waals surface area contributed by atoms with Crippen LogP contribution >= 0.6 is 0 Å². The molecule has 0 aliphatic heterocycles. The van der Waals surface area contributed by atoms with Crippen LogP contribution in [0.5, 0.6) is 34.5 Å². The van der Waals surface area contributed by atoms with Crippen LogP contribution in [0.1, 0.15) is 22.3 Å². The average Bonchev–Trinajstić information content (AvgIpc) is 3.02. The molecule has 0 atom stereocenters. The van der Waals surface area contributed by atoms with Crippen LogP contribution in [0, 0.1) is 0 Å². The summed E-state index contributed by atoms with van der Waals surface area (Å²) in [6.07, 6.45) is 4.37. The third kappa shape index (κ3) is 7.92. The Bertz CT molecular complexity index is 1490. The van der Waals surface area contributed by atoms with Gasteiger partial charge in [0.05, 0.1) is 0 Å². The van der Waals surface area contributed by atoms with Gasteiger partial charge in [-0.15, -0.1) is 0 Å². The number of nitrogens with zero attached hydrogens (tertiary/aromatic N) is 4. The summed E-state index contributed by atoms with van der Waals surface area (Å²) in [7, 11) is 9.43. The summed E-state index contributed by atoms with van der Waals surface area (Å²) in [5.41, 5.74) is 16.0. The van der Waals surface area contributed by atoms with Crippen LogP contribution in [0.25, 0.3) is 0 Å². The quantitative estimate of drug-likeness (QED) is 0.137. The van der Waals surface area contributed by atoms with E-state index >= 15 is 0 Å². The molecular weight excluding hydrogens is 687 g/mol. The van der Waals surface area contributed by atoms with Gasteiger partial charge in [-0.25, -0.2) is 0 Å². The van der Waals surface area contributed by atoms with E-state index in [9.17, 15) is 0 Å². The topological polar surface area (TPSA) is 183 Å². The van der Waals surface area contributed by atoms with E-state index in [4.69, 9.17) is 39.9 Å². The van der Waals surface area contributed by atoms with Gasteiger partial charge in [-0.3, -0.25) is 0 Å². The van der Waals surface area contributed by atoms with Crippen LogP contribution in [0.2, 0.25) is 9.88 Å². The number of nitrogens with one attached hydrogen (secondary N) is 2. The zero-order valence-electron chi connectivity index (χ0n) is 26.8. The van der Waals surface area contributed by atoms with Gasteiger partial charge in [0.15, 0.2) is 0 Å². The first-order chi connectivity index (χ1) is 21.5. The van der Waals surface area contributed by atoms with Gasteiger partial charge in [0.1, 0.15) is 0 Å². The molecule has 0 amide bonds. The third-order valence-corrected chi connectivity index (χ3v) is 11.7. The first kappa shape index (κ1) is 33.3. The van der Waals surface area contributed by atoms with Crippen molar-refractivity contribution in [3.63, 3.8) is 0 Å². The molecule has 15 heteroatoms. The molecule has 0 radical (unpaired) electrons. The minimum absolute atomic E-state index is 0.361. The number of nitrogens with two attached hydrogens (primary N) is 2. The first-order valence-electron chi connectivity index (χ1n) is 13.9. The SMILES string of the molecule is COc1cc(Cc2cnc([NH][Sn]([CH3])([CH3])[NH]c3ncc(Cc4cc(OC)c(OC)c(OC)c4)c(N)n3)nc2N)cc(OC)c1OC. The summed E-state index contributed by atoms with van der Waals surface area (Å²) in [6.45, 7) is 0. The minimum atomic E-state index is -3.30. The van der Waals surface area contributed by atoms with Crippen molar-refractivity contribution in [1.29, 1.82) is 0 Å². The van der Waals surface area contributed by atoms with Crippen molar-refractivity contribution < 1.29 is 28.4 Å². The van der Waals surface area contributed by atoms with Gasteiger partial charge in [0.2, 0.25) is 0 Å². The molecular formula is C30H40N8O6Sn. The van der Waals surface area contributed by atoms with E-state index in [1.54, 1.807) is 55.1 Å². The maximum atomic E-state index is 6.35. The molecule has 0 saturated heterocycles. The number of ether oxygens (including phenoxy) is 6. The zero-order chi connectivity index (χ0) is 32.7. The second-order valence-corrected chi connectivity index (χ2v) is 21.2. The van der Waals surface area contributed by atoms with Crippen molar-refractivity contribution >= 4 is 42.5 Å². The molecule has 14 nitrogen and oxygen atoms in total. The van der Waals surface area contributed by atoms with E-state index in [0.29, 0.717) is 70.9 Å². The number of hydrogen-bond donors (Lipinski definition) is 4. The summed E-state index contributed by atoms with van der Waals surface area (Å²) in [5.74, 6) is 4.84. The number of benzene rings is 2. The second kappa shape index (κ2) is 14.5. The van der Waals surface area contributed by atoms with E-state index < -0.39 is 18.9 Å². The molecule has 0 spiro atoms. The Morgan fingerprint density at radius 3 is 1.18 bits per heavy atom. The maximum absolute atomic E-state index is 6.35. The van der Waals surface area contributed by atoms with Gasteiger partial charge in [0.25, 0.3) is 0 Å². The summed E-state index contributed by atoms with van der Waals surface area (Å²) >= 11 is -3.30. The third-order valence-electron chi connectivity index (χ3n) is 6.88. The van der Waals surface area contributed by atoms with Crippen LogP contribution in [-0.4, -0.2) is 81.5 Å². The fourth-order valence-electron chi connectivity index (χ4n) is 4.74. The van der Waals surface area contributed by atoms with Gasteiger partial charge in [-0.05, 0) is 0 Å². The Morgan fingerprint density at radius 2 is 0.911 bits per heavy atom. The molecule has 0 aliphatic rings. The molecule has 2 heterocycles. The van der Waals surface area contributed by atoms with Gasteiger partial charge in [-0.2, -0.15) is 0 Å². The van der Waals surface area contributed by atoms with Gasteiger partial charge >= 0.3 is 268 Å². The molecule has 0 bridgehead atoms. The number of aromatic nitrogens is 4. The number of hydrogen-bond acceptors (Lipinski definition) is 14. The fraction of sp³-hybridized carbons (Fsp3) is 0.333. The van der Waals surface area contributed by atoms with Crippen LogP contribution in [-0.2, 0) is 12.8 Å². The molecule has 0 saturated carbocycles. The van der Waals surface area contributed by atoms with Crippen molar-refractivity contribution in [2.24, 2.45) is 0 Å². The molecule has 6 N–H and O–H groups in total. The van der Waals surface area contributed by atoms with Crippen molar-refractivity contribution in [1.82, 2.24) is 19.9 Å². The molecule has 4 aromatic rings. The molecule has 0 aliphatic carbocycles. The van der Waals surface area contributed by atoms with E-state index in [2.05, 4.69) is 36.9 Å². The predicted molar refractivity (Wildman–Crippen MR) is 175 cm³/mol. The van der Waals surface area contributed by atoms with Crippen LogP contribution in [0.4, 0.5) is 23.5 Å².